The lowest BCUT2D eigenvalue weighted by atomic mass is 9.75. The van der Waals surface area contributed by atoms with Gasteiger partial charge in [0.2, 0.25) is 5.92 Å². The van der Waals surface area contributed by atoms with Crippen molar-refractivity contribution in [2.75, 3.05) is 13.1 Å². The van der Waals surface area contributed by atoms with Crippen molar-refractivity contribution in [3.63, 3.8) is 0 Å². The standard InChI is InChI=1S/C9H16F2N2/c10-9(11)5-7(12)8(6-9)1-3-13-4-2-8/h7,13H,1-6,12H2. The summed E-state index contributed by atoms with van der Waals surface area (Å²) in [6.07, 6.45) is 1.50. The summed E-state index contributed by atoms with van der Waals surface area (Å²) in [5, 5.41) is 3.18. The molecule has 1 heterocycles. The van der Waals surface area contributed by atoms with Gasteiger partial charge in [-0.3, -0.25) is 0 Å². The highest BCUT2D eigenvalue weighted by molar-refractivity contribution is 5.03. The Balaban J connectivity index is 2.13. The second-order valence-corrected chi connectivity index (χ2v) is 4.46. The number of nitrogens with one attached hydrogen (secondary N) is 1. The fourth-order valence-electron chi connectivity index (χ4n) is 2.73. The Labute approximate surface area is 76.9 Å². The van der Waals surface area contributed by atoms with Gasteiger partial charge in [0.25, 0.3) is 0 Å². The molecule has 0 aromatic rings. The fraction of sp³-hybridized carbons (Fsp3) is 1.00. The highest BCUT2D eigenvalue weighted by Gasteiger charge is 2.54. The van der Waals surface area contributed by atoms with E-state index < -0.39 is 5.92 Å². The van der Waals surface area contributed by atoms with Gasteiger partial charge >= 0.3 is 0 Å². The van der Waals surface area contributed by atoms with Crippen LogP contribution in [0.4, 0.5) is 8.78 Å². The lowest BCUT2D eigenvalue weighted by Gasteiger charge is -2.37. The van der Waals surface area contributed by atoms with Crippen LogP contribution in [0.15, 0.2) is 0 Å². The zero-order chi connectivity index (χ0) is 9.53. The molecule has 0 aromatic carbocycles. The van der Waals surface area contributed by atoms with Crippen molar-refractivity contribution in [2.24, 2.45) is 11.1 Å². The summed E-state index contributed by atoms with van der Waals surface area (Å²) >= 11 is 0. The van der Waals surface area contributed by atoms with Gasteiger partial charge < -0.3 is 11.1 Å². The Morgan fingerprint density at radius 1 is 1.23 bits per heavy atom. The first-order valence-corrected chi connectivity index (χ1v) is 4.88. The van der Waals surface area contributed by atoms with Crippen molar-refractivity contribution in [2.45, 2.75) is 37.6 Å². The predicted molar refractivity (Wildman–Crippen MR) is 46.7 cm³/mol. The Hall–Kier alpha value is -0.220. The molecule has 2 rings (SSSR count). The van der Waals surface area contributed by atoms with Crippen LogP contribution in [0.25, 0.3) is 0 Å². The predicted octanol–water partition coefficient (Wildman–Crippen LogP) is 1.11. The summed E-state index contributed by atoms with van der Waals surface area (Å²) in [6.45, 7) is 1.67. The first-order chi connectivity index (χ1) is 6.04. The molecule has 1 unspecified atom stereocenters. The molecule has 1 aliphatic carbocycles. The van der Waals surface area contributed by atoms with Crippen LogP contribution >= 0.6 is 0 Å². The molecular weight excluding hydrogens is 174 g/mol. The lowest BCUT2D eigenvalue weighted by Crippen LogP contribution is -2.45. The maximum absolute atomic E-state index is 13.1. The molecule has 2 nitrogen and oxygen atoms in total. The maximum atomic E-state index is 13.1. The molecule has 0 amide bonds. The van der Waals surface area contributed by atoms with Crippen LogP contribution in [0.5, 0.6) is 0 Å². The zero-order valence-electron chi connectivity index (χ0n) is 7.65. The second-order valence-electron chi connectivity index (χ2n) is 4.46. The minimum absolute atomic E-state index is 0.00282. The molecule has 1 atom stereocenters. The van der Waals surface area contributed by atoms with E-state index in [0.29, 0.717) is 0 Å². The minimum atomic E-state index is -2.52. The van der Waals surface area contributed by atoms with Gasteiger partial charge in [0.15, 0.2) is 0 Å². The van der Waals surface area contributed by atoms with Crippen LogP contribution in [-0.4, -0.2) is 25.1 Å². The third-order valence-electron chi connectivity index (χ3n) is 3.52. The van der Waals surface area contributed by atoms with Crippen molar-refractivity contribution >= 4 is 0 Å². The van der Waals surface area contributed by atoms with Crippen molar-refractivity contribution in [3.8, 4) is 0 Å². The molecule has 2 fully saturated rings. The number of alkyl halides is 2. The topological polar surface area (TPSA) is 38.0 Å². The highest BCUT2D eigenvalue weighted by Crippen LogP contribution is 2.51. The molecule has 1 saturated heterocycles. The Morgan fingerprint density at radius 3 is 2.31 bits per heavy atom. The summed E-state index contributed by atoms with van der Waals surface area (Å²) in [5.41, 5.74) is 5.54. The monoisotopic (exact) mass is 190 g/mol. The van der Waals surface area contributed by atoms with E-state index in [1.54, 1.807) is 0 Å². The van der Waals surface area contributed by atoms with Gasteiger partial charge in [0.1, 0.15) is 0 Å². The van der Waals surface area contributed by atoms with Crippen molar-refractivity contribution in [1.29, 1.82) is 0 Å². The molecule has 0 aromatic heterocycles. The smallest absolute Gasteiger partial charge is 0.250 e. The number of halogens is 2. The minimum Gasteiger partial charge on any atom is -0.327 e. The summed E-state index contributed by atoms with van der Waals surface area (Å²) in [7, 11) is 0. The van der Waals surface area contributed by atoms with Gasteiger partial charge in [-0.25, -0.2) is 8.78 Å². The Morgan fingerprint density at radius 2 is 1.85 bits per heavy atom. The summed E-state index contributed by atoms with van der Waals surface area (Å²) in [4.78, 5) is 0. The first-order valence-electron chi connectivity index (χ1n) is 4.88. The molecule has 13 heavy (non-hydrogen) atoms. The van der Waals surface area contributed by atoms with Gasteiger partial charge in [-0.1, -0.05) is 0 Å². The van der Waals surface area contributed by atoms with Crippen molar-refractivity contribution < 1.29 is 8.78 Å². The van der Waals surface area contributed by atoms with Crippen LogP contribution < -0.4 is 11.1 Å². The summed E-state index contributed by atoms with van der Waals surface area (Å²) in [5.74, 6) is -2.52. The molecule has 1 spiro atoms. The van der Waals surface area contributed by atoms with E-state index in [-0.39, 0.29) is 24.3 Å². The molecule has 0 radical (unpaired) electrons. The number of hydrogen-bond donors (Lipinski definition) is 2. The van der Waals surface area contributed by atoms with E-state index in [4.69, 9.17) is 5.73 Å². The first kappa shape index (κ1) is 9.34. The number of nitrogens with two attached hydrogens (primary N) is 1. The number of piperidine rings is 1. The van der Waals surface area contributed by atoms with E-state index in [2.05, 4.69) is 5.32 Å². The van der Waals surface area contributed by atoms with E-state index in [0.717, 1.165) is 25.9 Å². The Bertz CT molecular complexity index is 200. The normalized spacial score (nSPS) is 36.7. The number of rotatable bonds is 0. The van der Waals surface area contributed by atoms with Crippen LogP contribution in [0.2, 0.25) is 0 Å². The molecule has 4 heteroatoms. The SMILES string of the molecule is NC1CC(F)(F)CC12CCNCC2. The largest absolute Gasteiger partial charge is 0.327 e. The van der Waals surface area contributed by atoms with Gasteiger partial charge in [-0.2, -0.15) is 0 Å². The maximum Gasteiger partial charge on any atom is 0.250 e. The molecule has 0 bridgehead atoms. The molecule has 3 N–H and O–H groups in total. The molecule has 76 valence electrons. The van der Waals surface area contributed by atoms with Crippen LogP contribution in [0, 0.1) is 5.41 Å². The van der Waals surface area contributed by atoms with Crippen molar-refractivity contribution in [3.05, 3.63) is 0 Å². The number of hydrogen-bond acceptors (Lipinski definition) is 2. The zero-order valence-corrected chi connectivity index (χ0v) is 7.65. The second kappa shape index (κ2) is 2.89. The van der Waals surface area contributed by atoms with Gasteiger partial charge in [-0.05, 0) is 31.3 Å². The van der Waals surface area contributed by atoms with E-state index in [1.807, 2.05) is 0 Å². The molecule has 1 aliphatic heterocycles. The van der Waals surface area contributed by atoms with Gasteiger partial charge in [0.05, 0.1) is 0 Å². The molecule has 2 aliphatic rings. The summed E-state index contributed by atoms with van der Waals surface area (Å²) < 4.78 is 26.2. The van der Waals surface area contributed by atoms with Crippen LogP contribution in [0.1, 0.15) is 25.7 Å². The highest BCUT2D eigenvalue weighted by atomic mass is 19.3. The van der Waals surface area contributed by atoms with Crippen LogP contribution in [-0.2, 0) is 0 Å². The van der Waals surface area contributed by atoms with Gasteiger partial charge in [-0.15, -0.1) is 0 Å². The molecular formula is C9H16F2N2. The van der Waals surface area contributed by atoms with E-state index in [1.165, 1.54) is 0 Å². The van der Waals surface area contributed by atoms with Crippen molar-refractivity contribution in [1.82, 2.24) is 5.32 Å². The average Bonchev–Trinajstić information content (AvgIpc) is 2.23. The quantitative estimate of drug-likeness (QED) is 0.600. The third-order valence-corrected chi connectivity index (χ3v) is 3.52. The van der Waals surface area contributed by atoms with Gasteiger partial charge in [0, 0.05) is 18.9 Å². The fourth-order valence-corrected chi connectivity index (χ4v) is 2.73. The van der Waals surface area contributed by atoms with E-state index in [9.17, 15) is 8.78 Å². The average molecular weight is 190 g/mol. The Kier molecular flexibility index (Phi) is 2.07. The molecule has 1 saturated carbocycles. The lowest BCUT2D eigenvalue weighted by molar-refractivity contribution is -0.00756. The third kappa shape index (κ3) is 1.57. The van der Waals surface area contributed by atoms with Crippen LogP contribution in [0.3, 0.4) is 0 Å². The van der Waals surface area contributed by atoms with E-state index >= 15 is 0 Å². The summed E-state index contributed by atoms with van der Waals surface area (Å²) in [6, 6.07) is -0.301.